The molecule has 1 aromatic carbocycles. The first-order valence-electron chi connectivity index (χ1n) is 7.69. The highest BCUT2D eigenvalue weighted by atomic mass is 16.5. The summed E-state index contributed by atoms with van der Waals surface area (Å²) in [5, 5.41) is 6.39. The zero-order valence-electron chi connectivity index (χ0n) is 12.4. The largest absolute Gasteiger partial charge is 0.482 e. The van der Waals surface area contributed by atoms with Gasteiger partial charge in [-0.3, -0.25) is 4.79 Å². The number of hydrogen-bond acceptors (Lipinski definition) is 4. The normalized spacial score (nSPS) is 24.7. The van der Waals surface area contributed by atoms with Gasteiger partial charge in [-0.25, -0.2) is 0 Å². The maximum atomic E-state index is 11.4. The molecule has 0 radical (unpaired) electrons. The van der Waals surface area contributed by atoms with Crippen LogP contribution >= 0.6 is 0 Å². The molecule has 3 rings (SSSR count). The number of benzene rings is 1. The molecule has 5 nitrogen and oxygen atoms in total. The molecule has 0 aromatic heterocycles. The predicted molar refractivity (Wildman–Crippen MR) is 81.9 cm³/mol. The summed E-state index contributed by atoms with van der Waals surface area (Å²) in [5.41, 5.74) is 1.76. The van der Waals surface area contributed by atoms with E-state index in [1.807, 2.05) is 18.2 Å². The molecule has 21 heavy (non-hydrogen) atoms. The predicted octanol–water partition coefficient (Wildman–Crippen LogP) is 2.78. The molecule has 2 heterocycles. The third-order valence-electron chi connectivity index (χ3n) is 3.96. The summed E-state index contributed by atoms with van der Waals surface area (Å²) in [6, 6.07) is 6.27. The molecular weight excluding hydrogens is 268 g/mol. The second kappa shape index (κ2) is 6.35. The van der Waals surface area contributed by atoms with Gasteiger partial charge in [-0.2, -0.15) is 0 Å². The summed E-state index contributed by atoms with van der Waals surface area (Å²) >= 11 is 0. The van der Waals surface area contributed by atoms with Crippen molar-refractivity contribution in [2.45, 2.75) is 44.8 Å². The maximum Gasteiger partial charge on any atom is 0.262 e. The van der Waals surface area contributed by atoms with Gasteiger partial charge in [-0.05, 0) is 37.5 Å². The van der Waals surface area contributed by atoms with Crippen LogP contribution in [0.5, 0.6) is 5.75 Å². The monoisotopic (exact) mass is 290 g/mol. The van der Waals surface area contributed by atoms with Gasteiger partial charge in [-0.15, -0.1) is 0 Å². The van der Waals surface area contributed by atoms with Gasteiger partial charge in [0.1, 0.15) is 5.75 Å². The standard InChI is InChI=1S/C16H22N2O3/c1-2-3-13-8-12(6-7-20-13)17-11-4-5-15-14(9-11)18-16(19)10-21-15/h4-5,9,12-13,17H,2-3,6-8,10H2,1H3,(H,18,19). The van der Waals surface area contributed by atoms with Crippen LogP contribution in [-0.4, -0.2) is 31.3 Å². The minimum absolute atomic E-state index is 0.0957. The van der Waals surface area contributed by atoms with Gasteiger partial charge >= 0.3 is 0 Å². The second-order valence-electron chi connectivity index (χ2n) is 5.69. The lowest BCUT2D eigenvalue weighted by Crippen LogP contribution is -2.34. The fourth-order valence-corrected chi connectivity index (χ4v) is 2.94. The fraction of sp³-hybridized carbons (Fsp3) is 0.562. The molecule has 2 aliphatic rings. The third-order valence-corrected chi connectivity index (χ3v) is 3.96. The molecule has 0 saturated carbocycles. The van der Waals surface area contributed by atoms with Crippen molar-refractivity contribution in [3.05, 3.63) is 18.2 Å². The van der Waals surface area contributed by atoms with Crippen molar-refractivity contribution in [2.24, 2.45) is 0 Å². The van der Waals surface area contributed by atoms with Crippen molar-refractivity contribution in [1.82, 2.24) is 0 Å². The number of rotatable bonds is 4. The van der Waals surface area contributed by atoms with Crippen molar-refractivity contribution in [2.75, 3.05) is 23.8 Å². The van der Waals surface area contributed by atoms with Gasteiger partial charge in [0, 0.05) is 18.3 Å². The number of fused-ring (bicyclic) bond motifs is 1. The quantitative estimate of drug-likeness (QED) is 0.895. The molecule has 1 aromatic rings. The third kappa shape index (κ3) is 3.47. The van der Waals surface area contributed by atoms with E-state index in [1.54, 1.807) is 0 Å². The first kappa shape index (κ1) is 14.2. The van der Waals surface area contributed by atoms with Crippen molar-refractivity contribution in [3.8, 4) is 5.75 Å². The van der Waals surface area contributed by atoms with Crippen LogP contribution in [-0.2, 0) is 9.53 Å². The minimum atomic E-state index is -0.103. The molecule has 1 amide bonds. The molecule has 0 aliphatic carbocycles. The van der Waals surface area contributed by atoms with Gasteiger partial charge in [-0.1, -0.05) is 13.3 Å². The summed E-state index contributed by atoms with van der Waals surface area (Å²) in [5.74, 6) is 0.629. The number of anilines is 2. The Morgan fingerprint density at radius 2 is 2.33 bits per heavy atom. The van der Waals surface area contributed by atoms with Gasteiger partial charge in [0.2, 0.25) is 0 Å². The van der Waals surface area contributed by atoms with E-state index in [0.717, 1.165) is 49.4 Å². The molecule has 1 saturated heterocycles. The van der Waals surface area contributed by atoms with Gasteiger partial charge in [0.25, 0.3) is 5.91 Å². The highest BCUT2D eigenvalue weighted by molar-refractivity contribution is 5.96. The van der Waals surface area contributed by atoms with E-state index in [-0.39, 0.29) is 12.5 Å². The van der Waals surface area contributed by atoms with Crippen LogP contribution in [0.3, 0.4) is 0 Å². The maximum absolute atomic E-state index is 11.4. The Morgan fingerprint density at radius 3 is 3.19 bits per heavy atom. The SMILES string of the molecule is CCCC1CC(Nc2ccc3c(c2)NC(=O)CO3)CCO1. The number of amides is 1. The molecule has 2 atom stereocenters. The molecule has 2 unspecified atom stereocenters. The average molecular weight is 290 g/mol. The molecule has 1 fully saturated rings. The van der Waals surface area contributed by atoms with Gasteiger partial charge < -0.3 is 20.1 Å². The fourth-order valence-electron chi connectivity index (χ4n) is 2.94. The van der Waals surface area contributed by atoms with E-state index in [9.17, 15) is 4.79 Å². The van der Waals surface area contributed by atoms with Crippen LogP contribution in [0.25, 0.3) is 0 Å². The molecular formula is C16H22N2O3. The van der Waals surface area contributed by atoms with Crippen LogP contribution in [0.2, 0.25) is 0 Å². The van der Waals surface area contributed by atoms with E-state index in [4.69, 9.17) is 9.47 Å². The van der Waals surface area contributed by atoms with Crippen molar-refractivity contribution < 1.29 is 14.3 Å². The van der Waals surface area contributed by atoms with E-state index in [2.05, 4.69) is 17.6 Å². The molecule has 0 bridgehead atoms. The molecule has 5 heteroatoms. The highest BCUT2D eigenvalue weighted by Gasteiger charge is 2.22. The Morgan fingerprint density at radius 1 is 1.43 bits per heavy atom. The zero-order valence-corrected chi connectivity index (χ0v) is 12.4. The number of nitrogens with one attached hydrogen (secondary N) is 2. The first-order chi connectivity index (χ1) is 10.2. The van der Waals surface area contributed by atoms with Gasteiger partial charge in [0.05, 0.1) is 11.8 Å². The van der Waals surface area contributed by atoms with Crippen molar-refractivity contribution >= 4 is 17.3 Å². The Balaban J connectivity index is 1.65. The van der Waals surface area contributed by atoms with Crippen LogP contribution in [0.1, 0.15) is 32.6 Å². The lowest BCUT2D eigenvalue weighted by atomic mass is 10.00. The van der Waals surface area contributed by atoms with Crippen LogP contribution < -0.4 is 15.4 Å². The summed E-state index contributed by atoms with van der Waals surface area (Å²) in [4.78, 5) is 11.4. The molecule has 0 spiro atoms. The summed E-state index contributed by atoms with van der Waals surface area (Å²) < 4.78 is 11.1. The Hall–Kier alpha value is -1.75. The van der Waals surface area contributed by atoms with Crippen LogP contribution in [0.15, 0.2) is 18.2 Å². The minimum Gasteiger partial charge on any atom is -0.482 e. The number of carbonyl (C=O) groups is 1. The van der Waals surface area contributed by atoms with Crippen molar-refractivity contribution in [1.29, 1.82) is 0 Å². The van der Waals surface area contributed by atoms with Crippen molar-refractivity contribution in [3.63, 3.8) is 0 Å². The molecule has 114 valence electrons. The summed E-state index contributed by atoms with van der Waals surface area (Å²) in [7, 11) is 0. The van der Waals surface area contributed by atoms with Crippen LogP contribution in [0, 0.1) is 0 Å². The highest BCUT2D eigenvalue weighted by Crippen LogP contribution is 2.31. The second-order valence-corrected chi connectivity index (χ2v) is 5.69. The Kier molecular flexibility index (Phi) is 4.29. The van der Waals surface area contributed by atoms with Crippen LogP contribution in [0.4, 0.5) is 11.4 Å². The number of carbonyl (C=O) groups excluding carboxylic acids is 1. The van der Waals surface area contributed by atoms with Gasteiger partial charge in [0.15, 0.2) is 6.61 Å². The molecule has 2 aliphatic heterocycles. The van der Waals surface area contributed by atoms with E-state index >= 15 is 0 Å². The average Bonchev–Trinajstić information content (AvgIpc) is 2.47. The zero-order chi connectivity index (χ0) is 14.7. The Bertz CT molecular complexity index is 516. The van der Waals surface area contributed by atoms with E-state index in [0.29, 0.717) is 12.1 Å². The summed E-state index contributed by atoms with van der Waals surface area (Å²) in [6.45, 7) is 3.10. The lowest BCUT2D eigenvalue weighted by Gasteiger charge is -2.31. The first-order valence-corrected chi connectivity index (χ1v) is 7.69. The lowest BCUT2D eigenvalue weighted by molar-refractivity contribution is -0.118. The molecule has 2 N–H and O–H groups in total. The van der Waals surface area contributed by atoms with E-state index in [1.165, 1.54) is 0 Å². The van der Waals surface area contributed by atoms with E-state index < -0.39 is 0 Å². The smallest absolute Gasteiger partial charge is 0.262 e. The number of ether oxygens (including phenoxy) is 2. The summed E-state index contributed by atoms with van der Waals surface area (Å²) in [6.07, 6.45) is 4.68. The topological polar surface area (TPSA) is 59.6 Å². The Labute approximate surface area is 125 Å². The number of hydrogen-bond donors (Lipinski definition) is 2.